The maximum Gasteiger partial charge on any atom is -0.00761 e. The zero-order chi connectivity index (χ0) is 11.2. The highest BCUT2D eigenvalue weighted by Gasteiger charge is 2.08. The molecular formula is C17H10. The van der Waals surface area contributed by atoms with E-state index in [-0.39, 0.29) is 0 Å². The maximum atomic E-state index is 3.26. The topological polar surface area (TPSA) is 0 Å². The van der Waals surface area contributed by atoms with E-state index in [9.17, 15) is 0 Å². The third-order valence-electron chi connectivity index (χ3n) is 3.54. The van der Waals surface area contributed by atoms with E-state index in [2.05, 4.69) is 54.6 Å². The molecule has 2 aromatic carbocycles. The van der Waals surface area contributed by atoms with Crippen molar-refractivity contribution in [1.29, 1.82) is 0 Å². The molecule has 4 rings (SSSR count). The van der Waals surface area contributed by atoms with Crippen LogP contribution in [0.5, 0.6) is 0 Å². The fourth-order valence-electron chi connectivity index (χ4n) is 2.70. The number of benzene rings is 2. The van der Waals surface area contributed by atoms with Gasteiger partial charge in [0, 0.05) is 0 Å². The van der Waals surface area contributed by atoms with Gasteiger partial charge in [0.05, 0.1) is 0 Å². The Morgan fingerprint density at radius 3 is 2.94 bits per heavy atom. The second-order valence-corrected chi connectivity index (χ2v) is 4.45. The van der Waals surface area contributed by atoms with Crippen LogP contribution in [0.15, 0.2) is 36.4 Å². The minimum absolute atomic E-state index is 0.985. The van der Waals surface area contributed by atoms with Gasteiger partial charge < -0.3 is 0 Å². The molecule has 0 saturated carbocycles. The molecule has 78 valence electrons. The van der Waals surface area contributed by atoms with Gasteiger partial charge in [-0.1, -0.05) is 42.5 Å². The highest BCUT2D eigenvalue weighted by atomic mass is 14.1. The number of fused-ring (bicyclic) bond motifs is 5. The van der Waals surface area contributed by atoms with Crippen LogP contribution in [0.2, 0.25) is 0 Å². The van der Waals surface area contributed by atoms with Crippen LogP contribution in [-0.4, -0.2) is 0 Å². The quantitative estimate of drug-likeness (QED) is 0.631. The van der Waals surface area contributed by atoms with E-state index >= 15 is 0 Å². The van der Waals surface area contributed by atoms with Gasteiger partial charge in [0.25, 0.3) is 0 Å². The van der Waals surface area contributed by atoms with E-state index in [0.29, 0.717) is 0 Å². The van der Waals surface area contributed by atoms with Crippen molar-refractivity contribution in [1.82, 2.24) is 0 Å². The summed E-state index contributed by atoms with van der Waals surface area (Å²) < 4.78 is 0. The van der Waals surface area contributed by atoms with E-state index in [0.717, 1.165) is 6.42 Å². The molecule has 0 saturated heterocycles. The highest BCUT2D eigenvalue weighted by Crippen LogP contribution is 2.22. The molecule has 0 amide bonds. The van der Waals surface area contributed by atoms with E-state index in [1.807, 2.05) is 6.08 Å². The van der Waals surface area contributed by atoms with Gasteiger partial charge >= 0.3 is 0 Å². The fourth-order valence-corrected chi connectivity index (χ4v) is 2.70. The molecule has 0 atom stereocenters. The first-order valence-electron chi connectivity index (χ1n) is 5.86. The van der Waals surface area contributed by atoms with Crippen molar-refractivity contribution in [3.8, 4) is 0 Å². The molecule has 0 spiro atoms. The zero-order valence-electron chi connectivity index (χ0n) is 9.33. The molecule has 17 heavy (non-hydrogen) atoms. The Balaban J connectivity index is 2.23. The molecule has 0 N–H and O–H groups in total. The van der Waals surface area contributed by atoms with Crippen LogP contribution in [0, 0.1) is 6.08 Å². The number of rotatable bonds is 0. The summed E-state index contributed by atoms with van der Waals surface area (Å²) in [7, 11) is 0. The molecule has 2 aliphatic rings. The molecule has 2 aromatic rings. The summed E-state index contributed by atoms with van der Waals surface area (Å²) in [6.07, 6.45) is 15.8. The SMILES string of the molecule is [C]1=CCc2c(ccc3c4c(ccc23)=[C]C=C4)=C1. The summed E-state index contributed by atoms with van der Waals surface area (Å²) in [5.74, 6) is 0. The van der Waals surface area contributed by atoms with Gasteiger partial charge in [-0.25, -0.2) is 0 Å². The first kappa shape index (κ1) is 9.00. The van der Waals surface area contributed by atoms with Crippen molar-refractivity contribution in [3.63, 3.8) is 0 Å². The molecule has 0 fully saturated rings. The third kappa shape index (κ3) is 1.18. The Morgan fingerprint density at radius 2 is 1.94 bits per heavy atom. The second kappa shape index (κ2) is 3.21. The summed E-state index contributed by atoms with van der Waals surface area (Å²) in [4.78, 5) is 0. The summed E-state index contributed by atoms with van der Waals surface area (Å²) in [6.45, 7) is 0. The fraction of sp³-hybridized carbons (Fsp3) is 0.0588. The van der Waals surface area contributed by atoms with Crippen molar-refractivity contribution in [2.45, 2.75) is 6.42 Å². The van der Waals surface area contributed by atoms with Crippen LogP contribution in [0.1, 0.15) is 11.1 Å². The predicted molar refractivity (Wildman–Crippen MR) is 71.6 cm³/mol. The second-order valence-electron chi connectivity index (χ2n) is 4.45. The van der Waals surface area contributed by atoms with Gasteiger partial charge in [-0.15, -0.1) is 0 Å². The Hall–Kier alpha value is -2.08. The van der Waals surface area contributed by atoms with E-state index in [1.165, 1.54) is 32.3 Å². The predicted octanol–water partition coefficient (Wildman–Crippen LogP) is 2.22. The summed E-state index contributed by atoms with van der Waals surface area (Å²) in [5.41, 5.74) is 2.73. The Labute approximate surface area is 99.9 Å². The Bertz CT molecular complexity index is 802. The summed E-state index contributed by atoms with van der Waals surface area (Å²) >= 11 is 0. The van der Waals surface area contributed by atoms with Gasteiger partial charge in [0.2, 0.25) is 0 Å². The average molecular weight is 214 g/mol. The average Bonchev–Trinajstić information content (AvgIpc) is 2.86. The Morgan fingerprint density at radius 1 is 1.00 bits per heavy atom. The van der Waals surface area contributed by atoms with Gasteiger partial charge in [0.15, 0.2) is 0 Å². The smallest absolute Gasteiger partial charge is 0.00761 e. The standard InChI is InChI=1S/C17H10/c1-2-6-14-12(4-1)8-10-17-15-7-3-5-13(15)9-11-16(14)17/h2-4,7-11H,6H2. The van der Waals surface area contributed by atoms with Gasteiger partial charge in [0.1, 0.15) is 0 Å². The molecule has 0 heterocycles. The minimum Gasteiger partial charge on any atom is -0.0722 e. The van der Waals surface area contributed by atoms with Crippen LogP contribution in [0.25, 0.3) is 29.0 Å². The lowest BCUT2D eigenvalue weighted by atomic mass is 9.94. The Kier molecular flexibility index (Phi) is 1.70. The number of allylic oxidation sites excluding steroid dienone is 3. The van der Waals surface area contributed by atoms with Crippen molar-refractivity contribution in [2.24, 2.45) is 0 Å². The van der Waals surface area contributed by atoms with Crippen molar-refractivity contribution in [3.05, 3.63) is 64.1 Å². The first-order chi connectivity index (χ1) is 8.43. The first-order valence-corrected chi connectivity index (χ1v) is 5.86. The van der Waals surface area contributed by atoms with Crippen LogP contribution in [0.3, 0.4) is 0 Å². The molecular weight excluding hydrogens is 204 g/mol. The third-order valence-corrected chi connectivity index (χ3v) is 3.54. The lowest BCUT2D eigenvalue weighted by Gasteiger charge is -2.10. The van der Waals surface area contributed by atoms with Gasteiger partial charge in [-0.2, -0.15) is 0 Å². The van der Waals surface area contributed by atoms with Gasteiger partial charge in [-0.05, 0) is 57.0 Å². The normalized spacial score (nSPS) is 15.3. The lowest BCUT2D eigenvalue weighted by Crippen LogP contribution is -2.13. The zero-order valence-corrected chi connectivity index (χ0v) is 9.33. The summed E-state index contributed by atoms with van der Waals surface area (Å²) in [6, 6.07) is 8.80. The number of hydrogen-bond donors (Lipinski definition) is 0. The van der Waals surface area contributed by atoms with Crippen LogP contribution in [-0.2, 0) is 6.42 Å². The van der Waals surface area contributed by atoms with Gasteiger partial charge in [-0.3, -0.25) is 0 Å². The van der Waals surface area contributed by atoms with E-state index < -0.39 is 0 Å². The highest BCUT2D eigenvalue weighted by molar-refractivity contribution is 5.95. The van der Waals surface area contributed by atoms with Crippen molar-refractivity contribution in [2.75, 3.05) is 0 Å². The van der Waals surface area contributed by atoms with Crippen LogP contribution in [0.4, 0.5) is 0 Å². The van der Waals surface area contributed by atoms with Crippen molar-refractivity contribution < 1.29 is 0 Å². The van der Waals surface area contributed by atoms with Crippen LogP contribution < -0.4 is 10.4 Å². The molecule has 0 bridgehead atoms. The monoisotopic (exact) mass is 214 g/mol. The number of hydrogen-bond acceptors (Lipinski definition) is 0. The molecule has 0 aliphatic heterocycles. The minimum atomic E-state index is 0.985. The molecule has 0 aromatic heterocycles. The summed E-state index contributed by atoms with van der Waals surface area (Å²) in [5, 5.41) is 5.21. The lowest BCUT2D eigenvalue weighted by molar-refractivity contribution is 1.25. The molecule has 0 heteroatoms. The van der Waals surface area contributed by atoms with E-state index in [4.69, 9.17) is 0 Å². The van der Waals surface area contributed by atoms with E-state index in [1.54, 1.807) is 0 Å². The molecule has 2 radical (unpaired) electrons. The maximum absolute atomic E-state index is 3.26. The molecule has 2 aliphatic carbocycles. The van der Waals surface area contributed by atoms with Crippen molar-refractivity contribution >= 4 is 29.0 Å². The molecule has 0 unspecified atom stereocenters. The largest absolute Gasteiger partial charge is 0.0722 e. The van der Waals surface area contributed by atoms with Crippen LogP contribution >= 0.6 is 0 Å². The molecule has 0 nitrogen and oxygen atoms in total.